The van der Waals surface area contributed by atoms with Crippen LogP contribution in [0.5, 0.6) is 0 Å². The summed E-state index contributed by atoms with van der Waals surface area (Å²) in [4.78, 5) is 15.9. The highest BCUT2D eigenvalue weighted by atomic mass is 19.2. The predicted molar refractivity (Wildman–Crippen MR) is 69.5 cm³/mol. The van der Waals surface area contributed by atoms with E-state index in [-0.39, 0.29) is 5.56 Å². The highest BCUT2D eigenvalue weighted by molar-refractivity contribution is 6.04. The normalized spacial score (nSPS) is 10.8. The number of rotatable bonds is 2. The first-order chi connectivity index (χ1) is 10.1. The Bertz CT molecular complexity index is 845. The van der Waals surface area contributed by atoms with E-state index in [1.807, 2.05) is 0 Å². The van der Waals surface area contributed by atoms with Gasteiger partial charge in [-0.3, -0.25) is 4.79 Å². The molecular formula is C14H8F3N3O. The second-order valence-electron chi connectivity index (χ2n) is 4.32. The predicted octanol–water partition coefficient (Wildman–Crippen LogP) is 3.00. The Morgan fingerprint density at radius 2 is 1.95 bits per heavy atom. The van der Waals surface area contributed by atoms with Crippen LogP contribution in [-0.2, 0) is 0 Å². The van der Waals surface area contributed by atoms with Crippen LogP contribution in [0, 0.1) is 17.5 Å². The summed E-state index contributed by atoms with van der Waals surface area (Å²) in [5.74, 6) is -5.01. The Hall–Kier alpha value is -2.83. The standard InChI is InChI=1S/C14H8F3N3O/c15-10-1-2-11(13(17)12(10)16)19-14(21)8-3-4-20-7-18-6-9(20)5-8/h1-7H,(H,19,21). The van der Waals surface area contributed by atoms with Gasteiger partial charge in [-0.05, 0) is 24.3 Å². The molecule has 0 spiro atoms. The third-order valence-corrected chi connectivity index (χ3v) is 2.96. The Labute approximate surface area is 116 Å². The van der Waals surface area contributed by atoms with Gasteiger partial charge in [0.2, 0.25) is 0 Å². The fourth-order valence-corrected chi connectivity index (χ4v) is 1.88. The molecule has 0 bridgehead atoms. The number of amides is 1. The van der Waals surface area contributed by atoms with Gasteiger partial charge in [0.05, 0.1) is 23.7 Å². The number of benzene rings is 1. The van der Waals surface area contributed by atoms with Crippen molar-refractivity contribution in [3.63, 3.8) is 0 Å². The number of hydrogen-bond donors (Lipinski definition) is 1. The van der Waals surface area contributed by atoms with E-state index in [4.69, 9.17) is 0 Å². The monoisotopic (exact) mass is 291 g/mol. The van der Waals surface area contributed by atoms with Crippen LogP contribution in [-0.4, -0.2) is 15.3 Å². The average molecular weight is 291 g/mol. The van der Waals surface area contributed by atoms with Crippen molar-refractivity contribution < 1.29 is 18.0 Å². The molecule has 3 rings (SSSR count). The molecule has 0 radical (unpaired) electrons. The quantitative estimate of drug-likeness (QED) is 0.738. The summed E-state index contributed by atoms with van der Waals surface area (Å²) >= 11 is 0. The smallest absolute Gasteiger partial charge is 0.255 e. The number of nitrogens with one attached hydrogen (secondary N) is 1. The summed E-state index contributed by atoms with van der Waals surface area (Å²) in [5.41, 5.74) is 0.493. The molecular weight excluding hydrogens is 283 g/mol. The fourth-order valence-electron chi connectivity index (χ4n) is 1.88. The van der Waals surface area contributed by atoms with Crippen molar-refractivity contribution in [2.75, 3.05) is 5.32 Å². The largest absolute Gasteiger partial charge is 0.319 e. The molecule has 21 heavy (non-hydrogen) atoms. The van der Waals surface area contributed by atoms with Gasteiger partial charge < -0.3 is 9.72 Å². The first-order valence-electron chi connectivity index (χ1n) is 5.93. The number of carbonyl (C=O) groups is 1. The number of anilines is 1. The molecule has 0 atom stereocenters. The molecule has 0 unspecified atom stereocenters. The molecule has 7 heteroatoms. The summed E-state index contributed by atoms with van der Waals surface area (Å²) < 4.78 is 41.1. The van der Waals surface area contributed by atoms with Crippen LogP contribution in [0.2, 0.25) is 0 Å². The van der Waals surface area contributed by atoms with Gasteiger partial charge in [0.1, 0.15) is 0 Å². The van der Waals surface area contributed by atoms with Gasteiger partial charge in [-0.1, -0.05) is 0 Å². The Kier molecular flexibility index (Phi) is 3.09. The SMILES string of the molecule is O=C(Nc1ccc(F)c(F)c1F)c1ccn2cncc2c1. The van der Waals surface area contributed by atoms with E-state index in [1.165, 1.54) is 6.07 Å². The van der Waals surface area contributed by atoms with Gasteiger partial charge in [0.15, 0.2) is 17.5 Å². The molecule has 2 heterocycles. The molecule has 1 aromatic carbocycles. The Balaban J connectivity index is 1.91. The lowest BCUT2D eigenvalue weighted by molar-refractivity contribution is 0.102. The summed E-state index contributed by atoms with van der Waals surface area (Å²) in [6.45, 7) is 0. The van der Waals surface area contributed by atoms with Gasteiger partial charge in [0, 0.05) is 11.8 Å². The van der Waals surface area contributed by atoms with Crippen molar-refractivity contribution in [3.05, 3.63) is 66.0 Å². The van der Waals surface area contributed by atoms with Crippen LogP contribution in [0.3, 0.4) is 0 Å². The lowest BCUT2D eigenvalue weighted by Crippen LogP contribution is -2.14. The third kappa shape index (κ3) is 2.33. The second-order valence-corrected chi connectivity index (χ2v) is 4.32. The number of aromatic nitrogens is 2. The first kappa shape index (κ1) is 13.2. The zero-order valence-electron chi connectivity index (χ0n) is 10.5. The van der Waals surface area contributed by atoms with Crippen LogP contribution in [0.15, 0.2) is 43.0 Å². The number of fused-ring (bicyclic) bond motifs is 1. The molecule has 0 saturated carbocycles. The maximum absolute atomic E-state index is 13.5. The number of imidazole rings is 1. The lowest BCUT2D eigenvalue weighted by Gasteiger charge is -2.07. The number of hydrogen-bond acceptors (Lipinski definition) is 2. The van der Waals surface area contributed by atoms with Crippen molar-refractivity contribution >= 4 is 17.1 Å². The molecule has 0 aliphatic rings. The topological polar surface area (TPSA) is 46.4 Å². The van der Waals surface area contributed by atoms with Crippen LogP contribution < -0.4 is 5.32 Å². The molecule has 1 amide bonds. The zero-order valence-corrected chi connectivity index (χ0v) is 10.5. The maximum atomic E-state index is 13.5. The van der Waals surface area contributed by atoms with Crippen molar-refractivity contribution in [1.29, 1.82) is 0 Å². The van der Waals surface area contributed by atoms with Crippen molar-refractivity contribution in [2.45, 2.75) is 0 Å². The van der Waals surface area contributed by atoms with Gasteiger partial charge >= 0.3 is 0 Å². The van der Waals surface area contributed by atoms with Crippen LogP contribution in [0.1, 0.15) is 10.4 Å². The molecule has 0 aliphatic heterocycles. The molecule has 3 aromatic rings. The summed E-state index contributed by atoms with van der Waals surface area (Å²) in [5, 5.41) is 2.20. The highest BCUT2D eigenvalue weighted by Gasteiger charge is 2.16. The average Bonchev–Trinajstić information content (AvgIpc) is 2.95. The summed E-state index contributed by atoms with van der Waals surface area (Å²) in [6, 6.07) is 4.75. The lowest BCUT2D eigenvalue weighted by atomic mass is 10.2. The zero-order chi connectivity index (χ0) is 15.0. The van der Waals surface area contributed by atoms with E-state index in [0.717, 1.165) is 12.1 Å². The van der Waals surface area contributed by atoms with Crippen LogP contribution >= 0.6 is 0 Å². The molecule has 0 saturated heterocycles. The fraction of sp³-hybridized carbons (Fsp3) is 0. The molecule has 2 aromatic heterocycles. The minimum absolute atomic E-state index is 0.243. The number of carbonyl (C=O) groups excluding carboxylic acids is 1. The van der Waals surface area contributed by atoms with Crippen molar-refractivity contribution in [1.82, 2.24) is 9.38 Å². The van der Waals surface area contributed by atoms with Gasteiger partial charge in [-0.15, -0.1) is 0 Å². The number of pyridine rings is 1. The number of halogens is 3. The maximum Gasteiger partial charge on any atom is 0.255 e. The second kappa shape index (κ2) is 4.93. The Morgan fingerprint density at radius 1 is 1.14 bits per heavy atom. The van der Waals surface area contributed by atoms with Crippen molar-refractivity contribution in [3.8, 4) is 0 Å². The van der Waals surface area contributed by atoms with E-state index >= 15 is 0 Å². The van der Waals surface area contributed by atoms with E-state index in [1.54, 1.807) is 29.2 Å². The van der Waals surface area contributed by atoms with Gasteiger partial charge in [0.25, 0.3) is 5.91 Å². The van der Waals surface area contributed by atoms with Crippen LogP contribution in [0.4, 0.5) is 18.9 Å². The van der Waals surface area contributed by atoms with E-state index in [9.17, 15) is 18.0 Å². The summed E-state index contributed by atoms with van der Waals surface area (Å²) in [6.07, 6.45) is 4.72. The van der Waals surface area contributed by atoms with Crippen LogP contribution in [0.25, 0.3) is 5.52 Å². The minimum atomic E-state index is -1.63. The molecule has 4 nitrogen and oxygen atoms in total. The van der Waals surface area contributed by atoms with Crippen molar-refractivity contribution in [2.24, 2.45) is 0 Å². The molecule has 106 valence electrons. The first-order valence-corrected chi connectivity index (χ1v) is 5.93. The van der Waals surface area contributed by atoms with E-state index < -0.39 is 29.0 Å². The third-order valence-electron chi connectivity index (χ3n) is 2.96. The molecule has 0 aliphatic carbocycles. The Morgan fingerprint density at radius 3 is 2.76 bits per heavy atom. The molecule has 0 fully saturated rings. The van der Waals surface area contributed by atoms with E-state index in [2.05, 4.69) is 10.3 Å². The summed E-state index contributed by atoms with van der Waals surface area (Å²) in [7, 11) is 0. The number of nitrogens with zero attached hydrogens (tertiary/aromatic N) is 2. The van der Waals surface area contributed by atoms with Gasteiger partial charge in [-0.25, -0.2) is 18.2 Å². The highest BCUT2D eigenvalue weighted by Crippen LogP contribution is 2.20. The molecule has 1 N–H and O–H groups in total. The van der Waals surface area contributed by atoms with Gasteiger partial charge in [-0.2, -0.15) is 0 Å². The van der Waals surface area contributed by atoms with E-state index in [0.29, 0.717) is 5.52 Å². The minimum Gasteiger partial charge on any atom is -0.319 e.